The van der Waals surface area contributed by atoms with E-state index in [-0.39, 0.29) is 20.0 Å². The molecule has 4 N–H and O–H groups in total. The van der Waals surface area contributed by atoms with Gasteiger partial charge in [-0.1, -0.05) is 6.07 Å². The van der Waals surface area contributed by atoms with E-state index in [1.807, 2.05) is 0 Å². The molecule has 0 radical (unpaired) electrons. The Labute approximate surface area is 116 Å². The Bertz CT molecular complexity index is 686. The van der Waals surface area contributed by atoms with Gasteiger partial charge in [0, 0.05) is 0 Å². The lowest BCUT2D eigenvalue weighted by Crippen LogP contribution is -2.15. The second-order valence-corrected chi connectivity index (χ2v) is 6.08. The standard InChI is InChI=1S/C9H8FIN4O2S/c10-5-2-1-3-6(8(5)11)15-18(16,17)7-4-13-14-9(7)12/h1-4,15H,(H3,12,13,14). The van der Waals surface area contributed by atoms with Gasteiger partial charge in [0.25, 0.3) is 10.0 Å². The van der Waals surface area contributed by atoms with Gasteiger partial charge in [0.15, 0.2) is 0 Å². The van der Waals surface area contributed by atoms with Crippen LogP contribution in [0.15, 0.2) is 29.3 Å². The highest BCUT2D eigenvalue weighted by Crippen LogP contribution is 2.25. The van der Waals surface area contributed by atoms with E-state index in [1.54, 1.807) is 22.6 Å². The largest absolute Gasteiger partial charge is 0.383 e. The van der Waals surface area contributed by atoms with Gasteiger partial charge in [0.1, 0.15) is 16.5 Å². The van der Waals surface area contributed by atoms with Crippen LogP contribution >= 0.6 is 22.6 Å². The molecule has 1 aromatic heterocycles. The number of nitrogens with two attached hydrogens (primary N) is 1. The molecule has 2 aromatic rings. The van der Waals surface area contributed by atoms with Gasteiger partial charge in [-0.05, 0) is 34.7 Å². The first-order valence-electron chi connectivity index (χ1n) is 4.67. The molecule has 2 rings (SSSR count). The van der Waals surface area contributed by atoms with E-state index in [1.165, 1.54) is 18.2 Å². The minimum atomic E-state index is -3.88. The van der Waals surface area contributed by atoms with Crippen molar-refractivity contribution in [2.24, 2.45) is 0 Å². The predicted molar refractivity (Wildman–Crippen MR) is 72.9 cm³/mol. The molecule has 0 aliphatic rings. The number of rotatable bonds is 3. The Morgan fingerprint density at radius 2 is 2.17 bits per heavy atom. The number of H-pyrrole nitrogens is 1. The fourth-order valence-corrected chi connectivity index (χ4v) is 3.06. The van der Waals surface area contributed by atoms with Gasteiger partial charge in [0.05, 0.1) is 15.5 Å². The number of hydrogen-bond acceptors (Lipinski definition) is 4. The average molecular weight is 382 g/mol. The summed E-state index contributed by atoms with van der Waals surface area (Å²) in [4.78, 5) is -0.178. The van der Waals surface area contributed by atoms with Crippen molar-refractivity contribution in [2.75, 3.05) is 10.5 Å². The SMILES string of the molecule is Nc1[nH]ncc1S(=O)(=O)Nc1cccc(F)c1I. The van der Waals surface area contributed by atoms with E-state index in [2.05, 4.69) is 14.9 Å². The molecule has 9 heteroatoms. The molecule has 0 aliphatic carbocycles. The van der Waals surface area contributed by atoms with Crippen molar-refractivity contribution < 1.29 is 12.8 Å². The van der Waals surface area contributed by atoms with Crippen molar-refractivity contribution >= 4 is 44.1 Å². The molecule has 0 saturated carbocycles. The highest BCUT2D eigenvalue weighted by molar-refractivity contribution is 14.1. The molecule has 0 amide bonds. The van der Waals surface area contributed by atoms with Gasteiger partial charge in [-0.25, -0.2) is 12.8 Å². The summed E-state index contributed by atoms with van der Waals surface area (Å²) in [6, 6.07) is 4.11. The molecule has 1 aromatic carbocycles. The number of nitrogens with one attached hydrogen (secondary N) is 2. The van der Waals surface area contributed by atoms with Gasteiger partial charge in [0.2, 0.25) is 0 Å². The molecule has 0 aliphatic heterocycles. The molecule has 1 heterocycles. The summed E-state index contributed by atoms with van der Waals surface area (Å²) < 4.78 is 39.7. The maximum absolute atomic E-state index is 13.3. The number of aromatic amines is 1. The van der Waals surface area contributed by atoms with Gasteiger partial charge in [-0.3, -0.25) is 9.82 Å². The van der Waals surface area contributed by atoms with Crippen molar-refractivity contribution in [3.63, 3.8) is 0 Å². The summed E-state index contributed by atoms with van der Waals surface area (Å²) >= 11 is 1.71. The fourth-order valence-electron chi connectivity index (χ4n) is 1.28. The summed E-state index contributed by atoms with van der Waals surface area (Å²) in [5.41, 5.74) is 5.58. The molecular formula is C9H8FIN4O2S. The van der Waals surface area contributed by atoms with E-state index in [9.17, 15) is 12.8 Å². The molecule has 18 heavy (non-hydrogen) atoms. The monoisotopic (exact) mass is 382 g/mol. The summed E-state index contributed by atoms with van der Waals surface area (Å²) in [7, 11) is -3.88. The maximum Gasteiger partial charge on any atom is 0.267 e. The predicted octanol–water partition coefficient (Wildman–Crippen LogP) is 1.54. The van der Waals surface area contributed by atoms with Gasteiger partial charge in [-0.15, -0.1) is 0 Å². The van der Waals surface area contributed by atoms with Crippen LogP contribution in [0.5, 0.6) is 0 Å². The van der Waals surface area contributed by atoms with Crippen LogP contribution in [0.25, 0.3) is 0 Å². The van der Waals surface area contributed by atoms with E-state index in [0.717, 1.165) is 6.20 Å². The van der Waals surface area contributed by atoms with Crippen molar-refractivity contribution in [1.82, 2.24) is 10.2 Å². The number of benzene rings is 1. The summed E-state index contributed by atoms with van der Waals surface area (Å²) in [6.07, 6.45) is 1.09. The highest BCUT2D eigenvalue weighted by atomic mass is 127. The summed E-state index contributed by atoms with van der Waals surface area (Å²) in [5, 5.41) is 5.84. The lowest BCUT2D eigenvalue weighted by atomic mass is 10.3. The minimum absolute atomic E-state index is 0.0751. The number of anilines is 2. The third-order valence-electron chi connectivity index (χ3n) is 2.12. The Morgan fingerprint density at radius 3 is 2.78 bits per heavy atom. The average Bonchev–Trinajstić information content (AvgIpc) is 2.72. The quantitative estimate of drug-likeness (QED) is 0.701. The molecule has 0 spiro atoms. The van der Waals surface area contributed by atoms with Gasteiger partial charge < -0.3 is 5.73 Å². The second-order valence-electron chi connectivity index (χ2n) is 3.35. The first kappa shape index (κ1) is 13.1. The first-order chi connectivity index (χ1) is 8.42. The number of hydrogen-bond donors (Lipinski definition) is 3. The normalized spacial score (nSPS) is 11.4. The summed E-state index contributed by atoms with van der Waals surface area (Å²) in [5.74, 6) is -0.579. The molecule has 0 fully saturated rings. The van der Waals surface area contributed by atoms with E-state index in [0.29, 0.717) is 0 Å². The van der Waals surface area contributed by atoms with Gasteiger partial charge in [-0.2, -0.15) is 5.10 Å². The smallest absolute Gasteiger partial charge is 0.267 e. The molecule has 0 atom stereocenters. The van der Waals surface area contributed by atoms with Crippen LogP contribution in [0.3, 0.4) is 0 Å². The highest BCUT2D eigenvalue weighted by Gasteiger charge is 2.20. The van der Waals surface area contributed by atoms with Crippen LogP contribution < -0.4 is 10.5 Å². The van der Waals surface area contributed by atoms with Crippen LogP contribution in [0.1, 0.15) is 0 Å². The molecular weight excluding hydrogens is 374 g/mol. The van der Waals surface area contributed by atoms with E-state index >= 15 is 0 Å². The Morgan fingerprint density at radius 1 is 1.44 bits per heavy atom. The topological polar surface area (TPSA) is 101 Å². The van der Waals surface area contributed by atoms with Crippen molar-refractivity contribution in [3.05, 3.63) is 33.8 Å². The third-order valence-corrected chi connectivity index (χ3v) is 4.61. The van der Waals surface area contributed by atoms with Crippen LogP contribution in [0, 0.1) is 9.39 Å². The molecule has 96 valence electrons. The summed E-state index contributed by atoms with van der Waals surface area (Å²) in [6.45, 7) is 0. The number of nitrogens with zero attached hydrogens (tertiary/aromatic N) is 1. The van der Waals surface area contributed by atoms with E-state index in [4.69, 9.17) is 5.73 Å². The lowest BCUT2D eigenvalue weighted by molar-refractivity contribution is 0.601. The first-order valence-corrected chi connectivity index (χ1v) is 7.23. The maximum atomic E-state index is 13.3. The van der Waals surface area contributed by atoms with Gasteiger partial charge >= 0.3 is 0 Å². The number of halogens is 2. The molecule has 0 bridgehead atoms. The number of aromatic nitrogens is 2. The van der Waals surface area contributed by atoms with Crippen molar-refractivity contribution in [1.29, 1.82) is 0 Å². The third kappa shape index (κ3) is 2.41. The van der Waals surface area contributed by atoms with Crippen LogP contribution in [-0.2, 0) is 10.0 Å². The number of nitrogen functional groups attached to an aromatic ring is 1. The zero-order chi connectivity index (χ0) is 13.3. The minimum Gasteiger partial charge on any atom is -0.383 e. The van der Waals surface area contributed by atoms with Crippen molar-refractivity contribution in [3.8, 4) is 0 Å². The van der Waals surface area contributed by atoms with E-state index < -0.39 is 15.8 Å². The molecule has 6 nitrogen and oxygen atoms in total. The fraction of sp³-hybridized carbons (Fsp3) is 0. The molecule has 0 unspecified atom stereocenters. The van der Waals surface area contributed by atoms with Crippen molar-refractivity contribution in [2.45, 2.75) is 4.90 Å². The Hall–Kier alpha value is -1.36. The van der Waals surface area contributed by atoms with Crippen LogP contribution in [-0.4, -0.2) is 18.6 Å². The van der Waals surface area contributed by atoms with Crippen LogP contribution in [0.4, 0.5) is 15.9 Å². The van der Waals surface area contributed by atoms with Crippen LogP contribution in [0.2, 0.25) is 0 Å². The zero-order valence-electron chi connectivity index (χ0n) is 8.81. The Balaban J connectivity index is 2.40. The second kappa shape index (κ2) is 4.72. The number of sulfonamides is 1. The molecule has 0 saturated heterocycles. The lowest BCUT2D eigenvalue weighted by Gasteiger charge is -2.09. The zero-order valence-corrected chi connectivity index (χ0v) is 11.8. The Kier molecular flexibility index (Phi) is 3.43.